The molecule has 1 rings (SSSR count). The van der Waals surface area contributed by atoms with E-state index in [1.54, 1.807) is 0 Å². The quantitative estimate of drug-likeness (QED) is 0.574. The molecule has 0 fully saturated rings. The molecule has 0 saturated carbocycles. The van der Waals surface area contributed by atoms with E-state index >= 15 is 0 Å². The summed E-state index contributed by atoms with van der Waals surface area (Å²) < 4.78 is 0. The van der Waals surface area contributed by atoms with Crippen LogP contribution in [-0.4, -0.2) is 0 Å². The maximum absolute atomic E-state index is 5.00. The van der Waals surface area contributed by atoms with Gasteiger partial charge in [0.05, 0.1) is 0 Å². The average molecular weight is 258 g/mol. The predicted octanol–water partition coefficient (Wildman–Crippen LogP) is 4.06. The molecular weight excluding hydrogens is 253 g/mol. The van der Waals surface area contributed by atoms with Crippen molar-refractivity contribution in [2.45, 2.75) is 6.42 Å². The van der Waals surface area contributed by atoms with Gasteiger partial charge in [0.2, 0.25) is 0 Å². The average Bonchev–Trinajstić information content (AvgIpc) is 2.07. The minimum atomic E-state index is -2.99. The van der Waals surface area contributed by atoms with Crippen molar-refractivity contribution in [1.29, 1.82) is 0 Å². The Labute approximate surface area is 79.8 Å². The summed E-state index contributed by atoms with van der Waals surface area (Å²) in [4.78, 5) is 0. The van der Waals surface area contributed by atoms with E-state index in [4.69, 9.17) is 39.4 Å². The molecule has 0 aromatic heterocycles. The Morgan fingerprint density at radius 1 is 1.20 bits per heavy atom. The van der Waals surface area contributed by atoms with Gasteiger partial charge in [0.1, 0.15) is 0 Å². The molecule has 59 valence electrons. The first-order chi connectivity index (χ1) is 4.50. The van der Waals surface area contributed by atoms with Crippen LogP contribution in [0.1, 0.15) is 6.42 Å². The zero-order valence-electron chi connectivity index (χ0n) is 4.90. The van der Waals surface area contributed by atoms with E-state index in [9.17, 15) is 0 Å². The van der Waals surface area contributed by atoms with Crippen LogP contribution < -0.4 is 0 Å². The number of allylic oxidation sites excluding steroid dienone is 4. The van der Waals surface area contributed by atoms with Crippen LogP contribution in [0.25, 0.3) is 0 Å². The SMILES string of the molecule is [C-]1=CC=CC1.[Cl][V]([Cl])([Cl])[Cl]. The molecule has 0 N–H and O–H groups in total. The van der Waals surface area contributed by atoms with E-state index in [1.165, 1.54) is 0 Å². The van der Waals surface area contributed by atoms with Crippen LogP contribution in [-0.2, 0) is 10.2 Å². The van der Waals surface area contributed by atoms with Gasteiger partial charge < -0.3 is 0 Å². The minimum absolute atomic E-state index is 1.01. The van der Waals surface area contributed by atoms with E-state index in [2.05, 4.69) is 12.2 Å². The van der Waals surface area contributed by atoms with E-state index < -0.39 is 10.2 Å². The molecule has 0 heterocycles. The summed E-state index contributed by atoms with van der Waals surface area (Å²) in [5, 5.41) is 0. The van der Waals surface area contributed by atoms with Crippen molar-refractivity contribution < 1.29 is 10.2 Å². The van der Waals surface area contributed by atoms with Crippen LogP contribution in [0.15, 0.2) is 18.2 Å². The molecule has 0 unspecified atom stereocenters. The summed E-state index contributed by atoms with van der Waals surface area (Å²) >= 11 is 0. The standard InChI is InChI=1S/C5H5.4ClH.V/c1-2-4-5-3-1;;;;;/h1-3H,4H2;4*1H;/q-1;;;;;+4/p-4. The van der Waals surface area contributed by atoms with Crippen LogP contribution in [0.2, 0.25) is 0 Å². The summed E-state index contributed by atoms with van der Waals surface area (Å²) in [5.41, 5.74) is 0. The topological polar surface area (TPSA) is 0 Å². The molecule has 10 heavy (non-hydrogen) atoms. The summed E-state index contributed by atoms with van der Waals surface area (Å²) in [6.07, 6.45) is 10.0. The van der Waals surface area contributed by atoms with E-state index in [1.807, 2.05) is 12.2 Å². The van der Waals surface area contributed by atoms with Gasteiger partial charge in [0, 0.05) is 0 Å². The van der Waals surface area contributed by atoms with Gasteiger partial charge >= 0.3 is 49.6 Å². The van der Waals surface area contributed by atoms with Gasteiger partial charge in [-0.1, -0.05) is 0 Å². The van der Waals surface area contributed by atoms with Crippen LogP contribution in [0.4, 0.5) is 0 Å². The molecule has 0 nitrogen and oxygen atoms in total. The van der Waals surface area contributed by atoms with Crippen molar-refractivity contribution in [3.8, 4) is 0 Å². The van der Waals surface area contributed by atoms with Crippen molar-refractivity contribution in [2.24, 2.45) is 0 Å². The first-order valence-electron chi connectivity index (χ1n) is 2.39. The van der Waals surface area contributed by atoms with E-state index in [0.29, 0.717) is 0 Å². The molecule has 0 spiro atoms. The Hall–Kier alpha value is 1.22. The van der Waals surface area contributed by atoms with Crippen molar-refractivity contribution in [3.63, 3.8) is 0 Å². The van der Waals surface area contributed by atoms with Crippen LogP contribution in [0.5, 0.6) is 0 Å². The number of rotatable bonds is 0. The fourth-order valence-corrected chi connectivity index (χ4v) is 0.340. The Morgan fingerprint density at radius 2 is 1.70 bits per heavy atom. The zero-order chi connectivity index (χ0) is 8.04. The van der Waals surface area contributed by atoms with Gasteiger partial charge in [-0.2, -0.15) is 6.08 Å². The first-order valence-corrected chi connectivity index (χ1v) is 10.1. The molecule has 0 atom stereocenters. The monoisotopic (exact) mass is 256 g/mol. The number of hydrogen-bond acceptors (Lipinski definition) is 0. The molecule has 0 saturated heterocycles. The molecule has 1 aliphatic rings. The molecule has 0 amide bonds. The molecule has 0 radical (unpaired) electrons. The molecule has 5 heteroatoms. The second kappa shape index (κ2) is 5.82. The Morgan fingerprint density at radius 3 is 1.80 bits per heavy atom. The van der Waals surface area contributed by atoms with Gasteiger partial charge in [-0.25, -0.2) is 12.2 Å². The number of hydrogen-bond donors (Lipinski definition) is 0. The molecule has 0 aromatic carbocycles. The van der Waals surface area contributed by atoms with Crippen molar-refractivity contribution in [2.75, 3.05) is 0 Å². The Balaban J connectivity index is 0.000000162. The maximum atomic E-state index is 5.00. The first kappa shape index (κ1) is 11.2. The fraction of sp³-hybridized carbons (Fsp3) is 0.200. The third-order valence-corrected chi connectivity index (χ3v) is 0.586. The van der Waals surface area contributed by atoms with Crippen LogP contribution >= 0.6 is 39.4 Å². The normalized spacial score (nSPS) is 14.8. The third kappa shape index (κ3) is 16.1. The van der Waals surface area contributed by atoms with Gasteiger partial charge in [0.25, 0.3) is 0 Å². The number of halogens is 4. The fourth-order valence-electron chi connectivity index (χ4n) is 0.340. The Kier molecular flexibility index (Phi) is 6.53. The second-order valence-corrected chi connectivity index (χ2v) is 15.2. The summed E-state index contributed by atoms with van der Waals surface area (Å²) in [6, 6.07) is 0. The van der Waals surface area contributed by atoms with Crippen molar-refractivity contribution >= 4 is 39.4 Å². The Bertz CT molecular complexity index is 119. The third-order valence-electron chi connectivity index (χ3n) is 0.586. The molecule has 0 bridgehead atoms. The van der Waals surface area contributed by atoms with Crippen molar-refractivity contribution in [3.05, 3.63) is 24.3 Å². The van der Waals surface area contributed by atoms with Gasteiger partial charge in [0.15, 0.2) is 0 Å². The zero-order valence-corrected chi connectivity index (χ0v) is 9.32. The van der Waals surface area contributed by atoms with Gasteiger partial charge in [-0.3, -0.25) is 6.08 Å². The summed E-state index contributed by atoms with van der Waals surface area (Å²) in [7, 11) is 17.0. The second-order valence-electron chi connectivity index (χ2n) is 1.39. The van der Waals surface area contributed by atoms with Crippen molar-refractivity contribution in [1.82, 2.24) is 0 Å². The van der Waals surface area contributed by atoms with E-state index in [-0.39, 0.29) is 0 Å². The molecule has 1 aliphatic carbocycles. The van der Waals surface area contributed by atoms with Crippen LogP contribution in [0.3, 0.4) is 0 Å². The van der Waals surface area contributed by atoms with E-state index in [0.717, 1.165) is 6.42 Å². The predicted molar refractivity (Wildman–Crippen MR) is 45.0 cm³/mol. The molecular formula is C5H5Cl4V-. The molecule has 0 aliphatic heterocycles. The van der Waals surface area contributed by atoms with Gasteiger partial charge in [-0.15, -0.1) is 6.42 Å². The molecule has 0 aromatic rings. The van der Waals surface area contributed by atoms with Gasteiger partial charge in [-0.05, 0) is 0 Å². The summed E-state index contributed by atoms with van der Waals surface area (Å²) in [6.45, 7) is 0. The summed E-state index contributed by atoms with van der Waals surface area (Å²) in [5.74, 6) is 0. The van der Waals surface area contributed by atoms with Crippen LogP contribution in [0, 0.1) is 6.08 Å².